The summed E-state index contributed by atoms with van der Waals surface area (Å²) in [7, 11) is 0. The first-order valence-electron chi connectivity index (χ1n) is 8.80. The van der Waals surface area contributed by atoms with E-state index in [1.54, 1.807) is 18.3 Å². The highest BCUT2D eigenvalue weighted by Gasteiger charge is 2.03. The summed E-state index contributed by atoms with van der Waals surface area (Å²) in [6.07, 6.45) is 1.60. The zero-order chi connectivity index (χ0) is 20.5. The molecule has 0 atom stereocenters. The molecule has 3 aromatic rings. The lowest BCUT2D eigenvalue weighted by molar-refractivity contribution is 0.306. The zero-order valence-electron chi connectivity index (χ0n) is 15.5. The topological polar surface area (TPSA) is 60.0 Å². The summed E-state index contributed by atoms with van der Waals surface area (Å²) < 4.78 is 5.76. The number of amidine groups is 1. The lowest BCUT2D eigenvalue weighted by Gasteiger charge is -2.08. The first-order chi connectivity index (χ1) is 14.1. The minimum Gasteiger partial charge on any atom is -0.487 e. The third-order valence-corrected chi connectivity index (χ3v) is 5.26. The van der Waals surface area contributed by atoms with E-state index in [2.05, 4.69) is 10.2 Å². The Bertz CT molecular complexity index is 993. The van der Waals surface area contributed by atoms with Crippen molar-refractivity contribution in [2.24, 2.45) is 15.9 Å². The van der Waals surface area contributed by atoms with E-state index in [0.717, 1.165) is 16.9 Å². The molecule has 0 radical (unpaired) electrons. The summed E-state index contributed by atoms with van der Waals surface area (Å²) in [6, 6.07) is 23.0. The van der Waals surface area contributed by atoms with Crippen molar-refractivity contribution in [2.45, 2.75) is 12.4 Å². The minimum atomic E-state index is 0.402. The lowest BCUT2D eigenvalue weighted by atomic mass is 10.2. The number of hydrogen-bond acceptors (Lipinski definition) is 4. The number of halogens is 2. The highest BCUT2D eigenvalue weighted by Crippen LogP contribution is 2.26. The predicted molar refractivity (Wildman–Crippen MR) is 124 cm³/mol. The fraction of sp³-hybridized carbons (Fsp3) is 0.0909. The molecule has 0 bridgehead atoms. The molecule has 0 saturated heterocycles. The maximum Gasteiger partial charge on any atom is 0.180 e. The van der Waals surface area contributed by atoms with Crippen molar-refractivity contribution in [3.63, 3.8) is 0 Å². The van der Waals surface area contributed by atoms with Crippen LogP contribution in [0.4, 0.5) is 0 Å². The van der Waals surface area contributed by atoms with Gasteiger partial charge in [-0.1, -0.05) is 77.4 Å². The number of nitrogens with two attached hydrogens (primary N) is 1. The molecule has 0 aromatic heterocycles. The summed E-state index contributed by atoms with van der Waals surface area (Å²) in [4.78, 5) is 0. The van der Waals surface area contributed by atoms with Gasteiger partial charge in [0.15, 0.2) is 5.17 Å². The average molecular weight is 444 g/mol. The second-order valence-corrected chi connectivity index (χ2v) is 7.90. The van der Waals surface area contributed by atoms with E-state index < -0.39 is 0 Å². The van der Waals surface area contributed by atoms with E-state index in [1.807, 2.05) is 60.7 Å². The Morgan fingerprint density at radius 3 is 2.45 bits per heavy atom. The summed E-state index contributed by atoms with van der Waals surface area (Å²) in [5.74, 6) is 1.34. The molecule has 0 saturated carbocycles. The van der Waals surface area contributed by atoms with Crippen LogP contribution in [0.3, 0.4) is 0 Å². The molecule has 0 aliphatic carbocycles. The van der Waals surface area contributed by atoms with Gasteiger partial charge in [0.1, 0.15) is 12.4 Å². The van der Waals surface area contributed by atoms with Crippen LogP contribution in [0.5, 0.6) is 5.75 Å². The van der Waals surface area contributed by atoms with Crippen molar-refractivity contribution in [2.75, 3.05) is 0 Å². The second-order valence-electron chi connectivity index (χ2n) is 6.06. The van der Waals surface area contributed by atoms with E-state index in [1.165, 1.54) is 17.3 Å². The molecule has 0 unspecified atom stereocenters. The summed E-state index contributed by atoms with van der Waals surface area (Å²) >= 11 is 13.6. The SMILES string of the molecule is NC(=NN=Cc1ccc(OCc2ccc(Cl)cc2)c(Cl)c1)SCc1ccccc1. The summed E-state index contributed by atoms with van der Waals surface area (Å²) in [5, 5.41) is 9.64. The minimum absolute atomic E-state index is 0.402. The Morgan fingerprint density at radius 1 is 0.966 bits per heavy atom. The molecule has 4 nitrogen and oxygen atoms in total. The van der Waals surface area contributed by atoms with Gasteiger partial charge in [0.05, 0.1) is 11.2 Å². The number of hydrogen-bond donors (Lipinski definition) is 1. The van der Waals surface area contributed by atoms with E-state index >= 15 is 0 Å². The lowest BCUT2D eigenvalue weighted by Crippen LogP contribution is -2.06. The van der Waals surface area contributed by atoms with Crippen LogP contribution in [-0.2, 0) is 12.4 Å². The van der Waals surface area contributed by atoms with Gasteiger partial charge in [0, 0.05) is 10.8 Å². The molecule has 0 aliphatic heterocycles. The van der Waals surface area contributed by atoms with Crippen LogP contribution in [0, 0.1) is 0 Å². The van der Waals surface area contributed by atoms with Crippen molar-refractivity contribution in [3.8, 4) is 5.75 Å². The fourth-order valence-corrected chi connectivity index (χ4v) is 3.35. The molecule has 0 fully saturated rings. The third kappa shape index (κ3) is 7.13. The molecule has 148 valence electrons. The van der Waals surface area contributed by atoms with E-state index in [4.69, 9.17) is 33.7 Å². The quantitative estimate of drug-likeness (QED) is 0.270. The monoisotopic (exact) mass is 443 g/mol. The standard InChI is InChI=1S/C22H19Cl2N3OS/c23-19-9-6-16(7-10-19)14-28-21-11-8-18(12-20(21)24)13-26-27-22(25)29-15-17-4-2-1-3-5-17/h1-13H,14-15H2,(H2,25,27). The zero-order valence-corrected chi connectivity index (χ0v) is 17.8. The van der Waals surface area contributed by atoms with Crippen molar-refractivity contribution in [1.29, 1.82) is 0 Å². The molecular formula is C22H19Cl2N3OS. The van der Waals surface area contributed by atoms with Gasteiger partial charge in [-0.25, -0.2) is 0 Å². The maximum atomic E-state index is 6.31. The molecule has 0 heterocycles. The molecule has 2 N–H and O–H groups in total. The van der Waals surface area contributed by atoms with Crippen LogP contribution in [-0.4, -0.2) is 11.4 Å². The van der Waals surface area contributed by atoms with Crippen LogP contribution < -0.4 is 10.5 Å². The molecule has 0 aliphatic rings. The number of benzene rings is 3. The van der Waals surface area contributed by atoms with Gasteiger partial charge >= 0.3 is 0 Å². The first kappa shape index (κ1) is 21.2. The normalized spacial score (nSPS) is 11.7. The van der Waals surface area contributed by atoms with E-state index in [0.29, 0.717) is 27.6 Å². The van der Waals surface area contributed by atoms with Crippen LogP contribution in [0.2, 0.25) is 10.0 Å². The number of nitrogens with zero attached hydrogens (tertiary/aromatic N) is 2. The number of ether oxygens (including phenoxy) is 1. The Kier molecular flexibility index (Phi) is 7.99. The van der Waals surface area contributed by atoms with Gasteiger partial charge in [0.2, 0.25) is 0 Å². The van der Waals surface area contributed by atoms with Crippen LogP contribution in [0.25, 0.3) is 0 Å². The van der Waals surface area contributed by atoms with Crippen LogP contribution in [0.1, 0.15) is 16.7 Å². The maximum absolute atomic E-state index is 6.31. The molecule has 29 heavy (non-hydrogen) atoms. The molecule has 0 spiro atoms. The van der Waals surface area contributed by atoms with Gasteiger partial charge in [-0.05, 0) is 47.0 Å². The molecular weight excluding hydrogens is 425 g/mol. The van der Waals surface area contributed by atoms with Gasteiger partial charge in [0.25, 0.3) is 0 Å². The van der Waals surface area contributed by atoms with E-state index in [-0.39, 0.29) is 0 Å². The van der Waals surface area contributed by atoms with Gasteiger partial charge < -0.3 is 10.5 Å². The van der Waals surface area contributed by atoms with Crippen molar-refractivity contribution in [1.82, 2.24) is 0 Å². The Labute approximate surface area is 184 Å². The van der Waals surface area contributed by atoms with Gasteiger partial charge in [-0.2, -0.15) is 5.10 Å². The number of thioether (sulfide) groups is 1. The highest BCUT2D eigenvalue weighted by atomic mass is 35.5. The highest BCUT2D eigenvalue weighted by molar-refractivity contribution is 8.13. The summed E-state index contributed by atoms with van der Waals surface area (Å²) in [6.45, 7) is 0.407. The van der Waals surface area contributed by atoms with Gasteiger partial charge in [-0.15, -0.1) is 5.10 Å². The average Bonchev–Trinajstić information content (AvgIpc) is 2.73. The Morgan fingerprint density at radius 2 is 1.72 bits per heavy atom. The second kappa shape index (κ2) is 10.9. The fourth-order valence-electron chi connectivity index (χ4n) is 2.37. The Balaban J connectivity index is 1.53. The predicted octanol–water partition coefficient (Wildman–Crippen LogP) is 6.15. The van der Waals surface area contributed by atoms with Crippen molar-refractivity contribution in [3.05, 3.63) is 99.5 Å². The summed E-state index contributed by atoms with van der Waals surface area (Å²) in [5.41, 5.74) is 8.88. The van der Waals surface area contributed by atoms with E-state index in [9.17, 15) is 0 Å². The number of rotatable bonds is 7. The smallest absolute Gasteiger partial charge is 0.180 e. The molecule has 7 heteroatoms. The van der Waals surface area contributed by atoms with Crippen molar-refractivity contribution >= 4 is 46.3 Å². The van der Waals surface area contributed by atoms with Crippen LogP contribution >= 0.6 is 35.0 Å². The Hall–Kier alpha value is -2.47. The first-order valence-corrected chi connectivity index (χ1v) is 10.5. The molecule has 0 amide bonds. The van der Waals surface area contributed by atoms with Gasteiger partial charge in [-0.3, -0.25) is 0 Å². The largest absolute Gasteiger partial charge is 0.487 e. The molecule has 3 aromatic carbocycles. The van der Waals surface area contributed by atoms with Crippen LogP contribution in [0.15, 0.2) is 83.0 Å². The molecule has 3 rings (SSSR count). The third-order valence-electron chi connectivity index (χ3n) is 3.86. The van der Waals surface area contributed by atoms with Crippen molar-refractivity contribution < 1.29 is 4.74 Å².